The lowest BCUT2D eigenvalue weighted by Crippen LogP contribution is -2.52. The second kappa shape index (κ2) is 7.25. The van der Waals surface area contributed by atoms with Crippen molar-refractivity contribution < 1.29 is 23.8 Å². The first kappa shape index (κ1) is 19.4. The molecule has 1 N–H and O–H groups in total. The zero-order valence-corrected chi connectivity index (χ0v) is 15.6. The van der Waals surface area contributed by atoms with E-state index in [1.54, 1.807) is 6.92 Å². The van der Waals surface area contributed by atoms with Gasteiger partial charge in [0, 0.05) is 12.8 Å². The molecule has 1 aliphatic rings. The highest BCUT2D eigenvalue weighted by Gasteiger charge is 2.44. The van der Waals surface area contributed by atoms with Crippen LogP contribution in [-0.2, 0) is 18.7 Å². The van der Waals surface area contributed by atoms with Crippen LogP contribution in [0.4, 0.5) is 0 Å². The van der Waals surface area contributed by atoms with Crippen molar-refractivity contribution in [2.45, 2.75) is 77.2 Å². The first-order chi connectivity index (χ1) is 10.0. The van der Waals surface area contributed by atoms with Crippen molar-refractivity contribution in [1.29, 1.82) is 0 Å². The number of ether oxygens (including phenoxy) is 2. The number of carbonyl (C=O) groups excluding carboxylic acids is 1. The second-order valence-corrected chi connectivity index (χ2v) is 12.0. The smallest absolute Gasteiger partial charge is 0.307 e. The molecule has 0 bridgehead atoms. The summed E-state index contributed by atoms with van der Waals surface area (Å²) in [6, 6.07) is 0. The van der Waals surface area contributed by atoms with E-state index in [0.717, 1.165) is 5.57 Å². The van der Waals surface area contributed by atoms with E-state index in [1.807, 2.05) is 0 Å². The molecule has 1 aliphatic heterocycles. The number of rotatable bonds is 5. The Labute approximate surface area is 134 Å². The Morgan fingerprint density at radius 2 is 2.05 bits per heavy atom. The van der Waals surface area contributed by atoms with Gasteiger partial charge in [-0.1, -0.05) is 34.3 Å². The summed E-state index contributed by atoms with van der Waals surface area (Å²) in [6.45, 7) is 16.4. The molecule has 1 fully saturated rings. The van der Waals surface area contributed by atoms with Crippen molar-refractivity contribution in [3.63, 3.8) is 0 Å². The molecule has 128 valence electrons. The molecule has 0 radical (unpaired) electrons. The fourth-order valence-corrected chi connectivity index (χ4v) is 3.31. The first-order valence-electron chi connectivity index (χ1n) is 7.83. The molecule has 3 atom stereocenters. The molecule has 0 saturated carbocycles. The Morgan fingerprint density at radius 1 is 1.45 bits per heavy atom. The maximum Gasteiger partial charge on any atom is 0.307 e. The first-order valence-corrected chi connectivity index (χ1v) is 10.7. The standard InChI is InChI=1S/C16H30O5Si/c1-8-13(18)20-14-9-11(2)15(12(10-17)19-14)21-22(6,7)16(3,4)5/h12,14-15,17H,2,8-10H2,1,3-7H3/t12-,14+,15+/m1/s1. The van der Waals surface area contributed by atoms with Crippen LogP contribution in [-0.4, -0.2) is 44.5 Å². The van der Waals surface area contributed by atoms with Crippen LogP contribution in [0.2, 0.25) is 18.1 Å². The average molecular weight is 330 g/mol. The predicted octanol–water partition coefficient (Wildman–Crippen LogP) is 2.99. The van der Waals surface area contributed by atoms with Crippen LogP contribution in [0.25, 0.3) is 0 Å². The van der Waals surface area contributed by atoms with Gasteiger partial charge in [0.25, 0.3) is 0 Å². The third-order valence-electron chi connectivity index (χ3n) is 4.45. The van der Waals surface area contributed by atoms with Gasteiger partial charge in [-0.3, -0.25) is 4.79 Å². The van der Waals surface area contributed by atoms with E-state index >= 15 is 0 Å². The number of hydrogen-bond acceptors (Lipinski definition) is 5. The lowest BCUT2D eigenvalue weighted by molar-refractivity contribution is -0.213. The molecular weight excluding hydrogens is 300 g/mol. The lowest BCUT2D eigenvalue weighted by Gasteiger charge is -2.44. The van der Waals surface area contributed by atoms with Crippen molar-refractivity contribution in [1.82, 2.24) is 0 Å². The molecule has 0 unspecified atom stereocenters. The van der Waals surface area contributed by atoms with E-state index in [2.05, 4.69) is 40.4 Å². The average Bonchev–Trinajstić information content (AvgIpc) is 2.39. The van der Waals surface area contributed by atoms with E-state index in [-0.39, 0.29) is 23.7 Å². The largest absolute Gasteiger partial charge is 0.435 e. The Bertz CT molecular complexity index is 413. The zero-order chi connectivity index (χ0) is 17.1. The number of aliphatic hydroxyl groups is 1. The van der Waals surface area contributed by atoms with E-state index < -0.39 is 20.7 Å². The van der Waals surface area contributed by atoms with Gasteiger partial charge in [-0.2, -0.15) is 0 Å². The van der Waals surface area contributed by atoms with E-state index in [1.165, 1.54) is 0 Å². The molecule has 1 saturated heterocycles. The summed E-state index contributed by atoms with van der Waals surface area (Å²) in [4.78, 5) is 11.4. The van der Waals surface area contributed by atoms with Crippen molar-refractivity contribution in [3.05, 3.63) is 12.2 Å². The number of carbonyl (C=O) groups is 1. The molecule has 1 rings (SSSR count). The predicted molar refractivity (Wildman–Crippen MR) is 88.0 cm³/mol. The van der Waals surface area contributed by atoms with Gasteiger partial charge in [-0.05, 0) is 23.7 Å². The molecule has 6 heteroatoms. The summed E-state index contributed by atoms with van der Waals surface area (Å²) in [5.74, 6) is -0.321. The van der Waals surface area contributed by atoms with Crippen molar-refractivity contribution in [2.75, 3.05) is 6.61 Å². The van der Waals surface area contributed by atoms with Gasteiger partial charge in [0.15, 0.2) is 8.32 Å². The third-order valence-corrected chi connectivity index (χ3v) is 8.91. The fraction of sp³-hybridized carbons (Fsp3) is 0.812. The third kappa shape index (κ3) is 4.65. The topological polar surface area (TPSA) is 65.0 Å². The molecule has 5 nitrogen and oxygen atoms in total. The van der Waals surface area contributed by atoms with E-state index in [9.17, 15) is 9.90 Å². The summed E-state index contributed by atoms with van der Waals surface area (Å²) in [5.41, 5.74) is 0.809. The van der Waals surface area contributed by atoms with Crippen LogP contribution in [0.15, 0.2) is 12.2 Å². The molecule has 0 amide bonds. The summed E-state index contributed by atoms with van der Waals surface area (Å²) < 4.78 is 17.3. The highest BCUT2D eigenvalue weighted by Crippen LogP contribution is 2.40. The van der Waals surface area contributed by atoms with E-state index in [4.69, 9.17) is 13.9 Å². The van der Waals surface area contributed by atoms with Gasteiger partial charge in [0.05, 0.1) is 12.7 Å². The van der Waals surface area contributed by atoms with Gasteiger partial charge >= 0.3 is 5.97 Å². The van der Waals surface area contributed by atoms with Gasteiger partial charge in [-0.25, -0.2) is 0 Å². The number of esters is 1. The SMILES string of the molecule is C=C1C[C@H](OC(=O)CC)O[C@H](CO)[C@H]1O[Si](C)(C)C(C)(C)C. The Kier molecular flexibility index (Phi) is 6.38. The van der Waals surface area contributed by atoms with Crippen molar-refractivity contribution >= 4 is 14.3 Å². The molecule has 0 aromatic carbocycles. The summed E-state index contributed by atoms with van der Waals surface area (Å²) >= 11 is 0. The summed E-state index contributed by atoms with van der Waals surface area (Å²) in [5, 5.41) is 9.67. The molecule has 0 spiro atoms. The van der Waals surface area contributed by atoms with Crippen LogP contribution in [0.1, 0.15) is 40.5 Å². The maximum absolute atomic E-state index is 11.4. The van der Waals surface area contributed by atoms with Crippen LogP contribution in [0.3, 0.4) is 0 Å². The monoisotopic (exact) mass is 330 g/mol. The van der Waals surface area contributed by atoms with Crippen molar-refractivity contribution in [2.24, 2.45) is 0 Å². The van der Waals surface area contributed by atoms with Crippen LogP contribution < -0.4 is 0 Å². The zero-order valence-electron chi connectivity index (χ0n) is 14.6. The van der Waals surface area contributed by atoms with Gasteiger partial charge < -0.3 is 19.0 Å². The second-order valence-electron chi connectivity index (χ2n) is 7.29. The van der Waals surface area contributed by atoms with Crippen LogP contribution in [0.5, 0.6) is 0 Å². The van der Waals surface area contributed by atoms with Gasteiger partial charge in [0.2, 0.25) is 6.29 Å². The number of aliphatic hydroxyl groups excluding tert-OH is 1. The number of hydrogen-bond donors (Lipinski definition) is 1. The fourth-order valence-electron chi connectivity index (χ4n) is 2.00. The molecule has 22 heavy (non-hydrogen) atoms. The Morgan fingerprint density at radius 3 is 2.50 bits per heavy atom. The maximum atomic E-state index is 11.4. The lowest BCUT2D eigenvalue weighted by atomic mass is 10.00. The highest BCUT2D eigenvalue weighted by molar-refractivity contribution is 6.74. The van der Waals surface area contributed by atoms with Crippen LogP contribution in [0, 0.1) is 0 Å². The Hall–Kier alpha value is -0.693. The van der Waals surface area contributed by atoms with Gasteiger partial charge in [0.1, 0.15) is 6.10 Å². The minimum Gasteiger partial charge on any atom is -0.435 e. The summed E-state index contributed by atoms with van der Waals surface area (Å²) in [7, 11) is -2.01. The molecular formula is C16H30O5Si. The molecule has 0 aliphatic carbocycles. The molecule has 0 aromatic heterocycles. The normalized spacial score (nSPS) is 26.9. The quantitative estimate of drug-likeness (QED) is 0.477. The summed E-state index contributed by atoms with van der Waals surface area (Å²) in [6.07, 6.45) is -0.898. The molecule has 1 heterocycles. The Balaban J connectivity index is 2.81. The minimum atomic E-state index is -2.01. The molecule has 0 aromatic rings. The van der Waals surface area contributed by atoms with E-state index in [0.29, 0.717) is 12.8 Å². The van der Waals surface area contributed by atoms with Gasteiger partial charge in [-0.15, -0.1) is 0 Å². The van der Waals surface area contributed by atoms with Crippen molar-refractivity contribution in [3.8, 4) is 0 Å². The van der Waals surface area contributed by atoms with Crippen LogP contribution >= 0.6 is 0 Å². The minimum absolute atomic E-state index is 0.0544. The highest BCUT2D eigenvalue weighted by atomic mass is 28.4.